The Bertz CT molecular complexity index is 974. The molecule has 0 fully saturated rings. The molecular formula is C22H19ClFNO3. The molecule has 0 heterocycles. The van der Waals surface area contributed by atoms with Crippen LogP contribution in [0.4, 0.5) is 10.1 Å². The van der Waals surface area contributed by atoms with Crippen molar-refractivity contribution in [2.75, 3.05) is 14.2 Å². The Balaban J connectivity index is 1.78. The second-order valence-electron chi connectivity index (χ2n) is 5.87. The van der Waals surface area contributed by atoms with Crippen molar-refractivity contribution in [3.8, 4) is 17.2 Å². The van der Waals surface area contributed by atoms with Crippen molar-refractivity contribution in [3.05, 3.63) is 82.6 Å². The Morgan fingerprint density at radius 2 is 1.75 bits per heavy atom. The molecule has 3 rings (SSSR count). The van der Waals surface area contributed by atoms with Gasteiger partial charge in [0.1, 0.15) is 18.2 Å². The van der Waals surface area contributed by atoms with E-state index in [0.717, 1.165) is 17.0 Å². The molecule has 0 atom stereocenters. The third-order valence-electron chi connectivity index (χ3n) is 4.02. The normalized spacial score (nSPS) is 10.9. The molecule has 0 radical (unpaired) electrons. The van der Waals surface area contributed by atoms with Crippen LogP contribution in [0.25, 0.3) is 0 Å². The van der Waals surface area contributed by atoms with Gasteiger partial charge in [-0.2, -0.15) is 0 Å². The zero-order chi connectivity index (χ0) is 19.9. The van der Waals surface area contributed by atoms with Gasteiger partial charge in [0.05, 0.1) is 24.9 Å². The molecule has 0 aliphatic heterocycles. The van der Waals surface area contributed by atoms with E-state index in [0.29, 0.717) is 22.1 Å². The highest BCUT2D eigenvalue weighted by molar-refractivity contribution is 6.32. The first-order valence-corrected chi connectivity index (χ1v) is 8.90. The second kappa shape index (κ2) is 9.24. The van der Waals surface area contributed by atoms with Gasteiger partial charge in [0.2, 0.25) is 0 Å². The quantitative estimate of drug-likeness (QED) is 0.469. The van der Waals surface area contributed by atoms with E-state index in [4.69, 9.17) is 25.8 Å². The smallest absolute Gasteiger partial charge is 0.180 e. The van der Waals surface area contributed by atoms with E-state index in [9.17, 15) is 4.39 Å². The number of benzene rings is 3. The van der Waals surface area contributed by atoms with Crippen molar-refractivity contribution in [1.82, 2.24) is 0 Å². The van der Waals surface area contributed by atoms with E-state index in [1.54, 1.807) is 43.7 Å². The minimum atomic E-state index is -0.333. The Labute approximate surface area is 168 Å². The summed E-state index contributed by atoms with van der Waals surface area (Å²) in [5, 5.41) is 0.354. The van der Waals surface area contributed by atoms with Crippen LogP contribution in [0.2, 0.25) is 5.02 Å². The van der Waals surface area contributed by atoms with E-state index >= 15 is 0 Å². The lowest BCUT2D eigenvalue weighted by atomic mass is 10.2. The molecule has 28 heavy (non-hydrogen) atoms. The van der Waals surface area contributed by atoms with Crippen molar-refractivity contribution in [2.45, 2.75) is 6.61 Å². The molecule has 0 aromatic heterocycles. The van der Waals surface area contributed by atoms with E-state index in [2.05, 4.69) is 4.99 Å². The fourth-order valence-corrected chi connectivity index (χ4v) is 2.81. The van der Waals surface area contributed by atoms with Gasteiger partial charge in [-0.3, -0.25) is 4.99 Å². The second-order valence-corrected chi connectivity index (χ2v) is 6.28. The molecule has 0 amide bonds. The molecule has 0 aliphatic carbocycles. The third-order valence-corrected chi connectivity index (χ3v) is 4.30. The molecule has 0 unspecified atom stereocenters. The molecule has 0 N–H and O–H groups in total. The zero-order valence-corrected chi connectivity index (χ0v) is 16.2. The summed E-state index contributed by atoms with van der Waals surface area (Å²) in [6.45, 7) is 0.0437. The van der Waals surface area contributed by atoms with Crippen molar-refractivity contribution >= 4 is 23.5 Å². The molecule has 0 bridgehead atoms. The molecule has 144 valence electrons. The molecule has 0 saturated carbocycles. The number of nitrogens with zero attached hydrogens (tertiary/aromatic N) is 1. The van der Waals surface area contributed by atoms with Gasteiger partial charge < -0.3 is 14.2 Å². The summed E-state index contributed by atoms with van der Waals surface area (Å²) in [6, 6.07) is 17.3. The van der Waals surface area contributed by atoms with Gasteiger partial charge in [0.25, 0.3) is 0 Å². The Kier molecular flexibility index (Phi) is 6.50. The third kappa shape index (κ3) is 4.81. The largest absolute Gasteiger partial charge is 0.497 e. The van der Waals surface area contributed by atoms with Gasteiger partial charge >= 0.3 is 0 Å². The lowest BCUT2D eigenvalue weighted by molar-refractivity contribution is 0.280. The fraction of sp³-hybridized carbons (Fsp3) is 0.136. The first kappa shape index (κ1) is 19.7. The van der Waals surface area contributed by atoms with Gasteiger partial charge in [-0.1, -0.05) is 29.8 Å². The van der Waals surface area contributed by atoms with Crippen LogP contribution < -0.4 is 14.2 Å². The molecule has 3 aromatic carbocycles. The monoisotopic (exact) mass is 399 g/mol. The molecule has 3 aromatic rings. The molecule has 4 nitrogen and oxygen atoms in total. The Hall–Kier alpha value is -3.05. The average Bonchev–Trinajstić information content (AvgIpc) is 2.72. The summed E-state index contributed by atoms with van der Waals surface area (Å²) in [4.78, 5) is 4.42. The maximum atomic E-state index is 13.8. The van der Waals surface area contributed by atoms with Crippen molar-refractivity contribution < 1.29 is 18.6 Å². The standard InChI is InChI=1S/C22H19ClFNO3/c1-26-18-9-7-17(8-10-18)25-13-15-11-19(23)22(21(12-15)27-2)28-14-16-5-3-4-6-20(16)24/h3-13H,14H2,1-2H3. The highest BCUT2D eigenvalue weighted by Gasteiger charge is 2.13. The van der Waals surface area contributed by atoms with Gasteiger partial charge in [-0.25, -0.2) is 4.39 Å². The van der Waals surface area contributed by atoms with E-state index < -0.39 is 0 Å². The van der Waals surface area contributed by atoms with Crippen LogP contribution in [0.5, 0.6) is 17.2 Å². The summed E-state index contributed by atoms with van der Waals surface area (Å²) < 4.78 is 30.0. The van der Waals surface area contributed by atoms with E-state index in [1.165, 1.54) is 13.2 Å². The summed E-state index contributed by atoms with van der Waals surface area (Å²) in [6.07, 6.45) is 1.68. The lowest BCUT2D eigenvalue weighted by Gasteiger charge is -2.13. The zero-order valence-electron chi connectivity index (χ0n) is 15.5. The highest BCUT2D eigenvalue weighted by atomic mass is 35.5. The average molecular weight is 400 g/mol. The van der Waals surface area contributed by atoms with Gasteiger partial charge in [-0.05, 0) is 48.0 Å². The predicted molar refractivity (Wildman–Crippen MR) is 109 cm³/mol. The summed E-state index contributed by atoms with van der Waals surface area (Å²) in [7, 11) is 3.13. The Morgan fingerprint density at radius 1 is 1.00 bits per heavy atom. The topological polar surface area (TPSA) is 40.0 Å². The molecule has 0 saturated heterocycles. The minimum Gasteiger partial charge on any atom is -0.497 e. The first-order chi connectivity index (χ1) is 13.6. The first-order valence-electron chi connectivity index (χ1n) is 8.52. The van der Waals surface area contributed by atoms with Crippen LogP contribution in [0.3, 0.4) is 0 Å². The maximum absolute atomic E-state index is 13.8. The van der Waals surface area contributed by atoms with Crippen molar-refractivity contribution in [1.29, 1.82) is 0 Å². The highest BCUT2D eigenvalue weighted by Crippen LogP contribution is 2.37. The van der Waals surface area contributed by atoms with Crippen LogP contribution in [-0.4, -0.2) is 20.4 Å². The predicted octanol–water partition coefficient (Wildman–Crippen LogP) is 5.83. The van der Waals surface area contributed by atoms with Crippen molar-refractivity contribution in [2.24, 2.45) is 4.99 Å². The van der Waals surface area contributed by atoms with Gasteiger partial charge in [0, 0.05) is 11.8 Å². The van der Waals surface area contributed by atoms with Crippen LogP contribution >= 0.6 is 11.6 Å². The molecule has 6 heteroatoms. The maximum Gasteiger partial charge on any atom is 0.180 e. The summed E-state index contributed by atoms with van der Waals surface area (Å²) in [5.41, 5.74) is 1.96. The van der Waals surface area contributed by atoms with Crippen LogP contribution in [0, 0.1) is 5.82 Å². The van der Waals surface area contributed by atoms with Gasteiger partial charge in [0.15, 0.2) is 11.5 Å². The SMILES string of the molecule is COc1ccc(N=Cc2cc(Cl)c(OCc3ccccc3F)c(OC)c2)cc1. The van der Waals surface area contributed by atoms with E-state index in [-0.39, 0.29) is 12.4 Å². The Morgan fingerprint density at radius 3 is 2.43 bits per heavy atom. The number of ether oxygens (including phenoxy) is 3. The van der Waals surface area contributed by atoms with Crippen LogP contribution in [0.1, 0.15) is 11.1 Å². The molecule has 0 aliphatic rings. The number of hydrogen-bond donors (Lipinski definition) is 0. The number of halogens is 2. The summed E-state index contributed by atoms with van der Waals surface area (Å²) in [5.74, 6) is 1.23. The fourth-order valence-electron chi connectivity index (χ4n) is 2.54. The minimum absolute atomic E-state index is 0.0437. The number of methoxy groups -OCH3 is 2. The van der Waals surface area contributed by atoms with Gasteiger partial charge in [-0.15, -0.1) is 0 Å². The number of hydrogen-bond acceptors (Lipinski definition) is 4. The number of rotatable bonds is 7. The summed E-state index contributed by atoms with van der Waals surface area (Å²) >= 11 is 6.36. The molecule has 0 spiro atoms. The lowest BCUT2D eigenvalue weighted by Crippen LogP contribution is -2.01. The van der Waals surface area contributed by atoms with Crippen molar-refractivity contribution in [3.63, 3.8) is 0 Å². The number of aliphatic imine (C=N–C) groups is 1. The molecular weight excluding hydrogens is 381 g/mol. The van der Waals surface area contributed by atoms with E-state index in [1.807, 2.05) is 24.3 Å². The van der Waals surface area contributed by atoms with Crippen LogP contribution in [0.15, 0.2) is 65.7 Å². The van der Waals surface area contributed by atoms with Crippen LogP contribution in [-0.2, 0) is 6.61 Å².